The predicted octanol–water partition coefficient (Wildman–Crippen LogP) is 2.60. The van der Waals surface area contributed by atoms with Crippen LogP contribution in [0.2, 0.25) is 0 Å². The van der Waals surface area contributed by atoms with Gasteiger partial charge in [-0.25, -0.2) is 9.07 Å². The van der Waals surface area contributed by atoms with Gasteiger partial charge in [-0.05, 0) is 40.7 Å². The van der Waals surface area contributed by atoms with Crippen LogP contribution in [0, 0.1) is 5.82 Å². The van der Waals surface area contributed by atoms with Gasteiger partial charge in [-0.3, -0.25) is 4.90 Å². The lowest BCUT2D eigenvalue weighted by atomic mass is 10.0. The third-order valence-electron chi connectivity index (χ3n) is 6.00. The van der Waals surface area contributed by atoms with Crippen molar-refractivity contribution in [1.82, 2.24) is 30.0 Å². The summed E-state index contributed by atoms with van der Waals surface area (Å²) in [6.07, 6.45) is 0. The highest BCUT2D eigenvalue weighted by Crippen LogP contribution is 2.39. The van der Waals surface area contributed by atoms with E-state index in [1.165, 1.54) is 12.1 Å². The molecule has 0 amide bonds. The minimum absolute atomic E-state index is 0.213. The van der Waals surface area contributed by atoms with E-state index in [0.717, 1.165) is 43.9 Å². The van der Waals surface area contributed by atoms with Crippen molar-refractivity contribution in [3.63, 3.8) is 0 Å². The first-order valence-corrected chi connectivity index (χ1v) is 10.8. The van der Waals surface area contributed by atoms with Crippen LogP contribution in [0.1, 0.15) is 29.9 Å². The van der Waals surface area contributed by atoms with Crippen molar-refractivity contribution in [2.24, 2.45) is 0 Å². The van der Waals surface area contributed by atoms with E-state index >= 15 is 0 Å². The molecule has 0 N–H and O–H groups in total. The molecular formula is C23H29FN6O2. The van der Waals surface area contributed by atoms with Crippen molar-refractivity contribution in [1.29, 1.82) is 0 Å². The molecule has 8 nitrogen and oxygen atoms in total. The molecule has 0 bridgehead atoms. The number of hydrogen-bond acceptors (Lipinski definition) is 7. The highest BCUT2D eigenvalue weighted by atomic mass is 19.1. The van der Waals surface area contributed by atoms with Crippen molar-refractivity contribution in [3.05, 3.63) is 65.2 Å². The third kappa shape index (κ3) is 4.58. The first-order chi connectivity index (χ1) is 15.6. The second kappa shape index (κ2) is 10.1. The Labute approximate surface area is 187 Å². The van der Waals surface area contributed by atoms with Crippen molar-refractivity contribution >= 4 is 0 Å². The summed E-state index contributed by atoms with van der Waals surface area (Å²) in [7, 11) is 3.28. The summed E-state index contributed by atoms with van der Waals surface area (Å²) in [5.41, 5.74) is 1.87. The van der Waals surface area contributed by atoms with Crippen LogP contribution in [0.3, 0.4) is 0 Å². The lowest BCUT2D eigenvalue weighted by Crippen LogP contribution is -2.48. The Balaban J connectivity index is 1.75. The van der Waals surface area contributed by atoms with Crippen LogP contribution >= 0.6 is 0 Å². The molecule has 1 aromatic heterocycles. The quantitative estimate of drug-likeness (QED) is 0.533. The van der Waals surface area contributed by atoms with Gasteiger partial charge in [0.05, 0.1) is 20.8 Å². The number of aromatic nitrogens is 4. The fourth-order valence-electron chi connectivity index (χ4n) is 4.25. The largest absolute Gasteiger partial charge is 0.493 e. The van der Waals surface area contributed by atoms with Gasteiger partial charge < -0.3 is 14.4 Å². The normalized spacial score (nSPS) is 16.1. The second-order valence-corrected chi connectivity index (χ2v) is 7.78. The van der Waals surface area contributed by atoms with Crippen LogP contribution in [0.25, 0.3) is 0 Å². The molecule has 9 heteroatoms. The molecule has 2 aromatic carbocycles. The minimum atomic E-state index is -0.265. The van der Waals surface area contributed by atoms with E-state index in [2.05, 4.69) is 32.2 Å². The number of piperazine rings is 1. The first-order valence-electron chi connectivity index (χ1n) is 10.8. The zero-order chi connectivity index (χ0) is 22.5. The van der Waals surface area contributed by atoms with Gasteiger partial charge in [0.1, 0.15) is 11.9 Å². The molecule has 32 heavy (non-hydrogen) atoms. The molecule has 1 atom stereocenters. The van der Waals surface area contributed by atoms with Crippen LogP contribution in [0.4, 0.5) is 4.39 Å². The number of rotatable bonds is 8. The Morgan fingerprint density at radius 2 is 1.75 bits per heavy atom. The third-order valence-corrected chi connectivity index (χ3v) is 6.00. The van der Waals surface area contributed by atoms with Gasteiger partial charge in [0, 0.05) is 31.7 Å². The summed E-state index contributed by atoms with van der Waals surface area (Å²) in [5.74, 6) is 1.79. The highest BCUT2D eigenvalue weighted by molar-refractivity contribution is 5.49. The minimum Gasteiger partial charge on any atom is -0.493 e. The van der Waals surface area contributed by atoms with Gasteiger partial charge in [0.25, 0.3) is 0 Å². The molecule has 1 fully saturated rings. The summed E-state index contributed by atoms with van der Waals surface area (Å²) < 4.78 is 26.5. The molecule has 4 rings (SSSR count). The second-order valence-electron chi connectivity index (χ2n) is 7.78. The maximum atomic E-state index is 13.4. The maximum absolute atomic E-state index is 13.4. The van der Waals surface area contributed by atoms with E-state index in [4.69, 9.17) is 9.47 Å². The monoisotopic (exact) mass is 440 g/mol. The van der Waals surface area contributed by atoms with Gasteiger partial charge in [-0.15, -0.1) is 5.10 Å². The number of hydrogen-bond donors (Lipinski definition) is 0. The summed E-state index contributed by atoms with van der Waals surface area (Å²) in [6, 6.07) is 12.1. The zero-order valence-electron chi connectivity index (χ0n) is 18.7. The molecule has 1 aliphatic rings. The molecule has 170 valence electrons. The number of benzene rings is 2. The fraction of sp³-hybridized carbons (Fsp3) is 0.435. The Kier molecular flexibility index (Phi) is 6.96. The van der Waals surface area contributed by atoms with E-state index in [-0.39, 0.29) is 11.9 Å². The molecule has 0 spiro atoms. The topological polar surface area (TPSA) is 68.5 Å². The molecule has 0 aliphatic carbocycles. The van der Waals surface area contributed by atoms with Gasteiger partial charge in [-0.2, -0.15) is 0 Å². The SMILES string of the molecule is CCN1CCN(C(c2cccc(OC)c2OC)c2nnnn2Cc2ccc(F)cc2)CC1. The van der Waals surface area contributed by atoms with E-state index in [1.807, 2.05) is 18.2 Å². The standard InChI is InChI=1S/C23H29FN6O2/c1-4-28-12-14-29(15-13-28)21(19-6-5-7-20(31-2)22(19)32-3)23-25-26-27-30(23)16-17-8-10-18(24)11-9-17/h5-11,21H,4,12-16H2,1-3H3. The lowest BCUT2D eigenvalue weighted by molar-refractivity contribution is 0.107. The highest BCUT2D eigenvalue weighted by Gasteiger charge is 2.33. The molecular weight excluding hydrogens is 411 g/mol. The van der Waals surface area contributed by atoms with Crippen LogP contribution in [0.5, 0.6) is 11.5 Å². The maximum Gasteiger partial charge on any atom is 0.173 e. The number of likely N-dealkylation sites (N-methyl/N-ethyl adjacent to an activating group) is 1. The number of para-hydroxylation sites is 1. The lowest BCUT2D eigenvalue weighted by Gasteiger charge is -2.39. The zero-order valence-corrected chi connectivity index (χ0v) is 18.7. The Bertz CT molecular complexity index is 1020. The van der Waals surface area contributed by atoms with Gasteiger partial charge in [-0.1, -0.05) is 31.2 Å². The van der Waals surface area contributed by atoms with Gasteiger partial charge in [0.2, 0.25) is 0 Å². The fourth-order valence-corrected chi connectivity index (χ4v) is 4.25. The number of tetrazole rings is 1. The Morgan fingerprint density at radius 1 is 1.00 bits per heavy atom. The van der Waals surface area contributed by atoms with Crippen LogP contribution in [-0.2, 0) is 6.54 Å². The Morgan fingerprint density at radius 3 is 2.41 bits per heavy atom. The number of ether oxygens (including phenoxy) is 2. The van der Waals surface area contributed by atoms with Crippen molar-refractivity contribution in [2.45, 2.75) is 19.5 Å². The molecule has 1 aliphatic heterocycles. The van der Waals surface area contributed by atoms with E-state index < -0.39 is 0 Å². The van der Waals surface area contributed by atoms with Gasteiger partial charge in [0.15, 0.2) is 17.3 Å². The molecule has 1 saturated heterocycles. The smallest absolute Gasteiger partial charge is 0.173 e. The summed E-state index contributed by atoms with van der Waals surface area (Å²) in [5, 5.41) is 12.7. The molecule has 1 unspecified atom stereocenters. The summed E-state index contributed by atoms with van der Waals surface area (Å²) >= 11 is 0. The number of halogens is 1. The van der Waals surface area contributed by atoms with Crippen LogP contribution in [0.15, 0.2) is 42.5 Å². The average Bonchev–Trinajstić information content (AvgIpc) is 3.28. The Hall–Kier alpha value is -3.04. The average molecular weight is 441 g/mol. The number of nitrogens with zero attached hydrogens (tertiary/aromatic N) is 6. The van der Waals surface area contributed by atoms with Crippen molar-refractivity contribution in [3.8, 4) is 11.5 Å². The summed E-state index contributed by atoms with van der Waals surface area (Å²) in [6.45, 7) is 7.35. The van der Waals surface area contributed by atoms with E-state index in [1.54, 1.807) is 31.0 Å². The molecule has 3 aromatic rings. The van der Waals surface area contributed by atoms with Crippen molar-refractivity contribution in [2.75, 3.05) is 46.9 Å². The van der Waals surface area contributed by atoms with E-state index in [0.29, 0.717) is 23.9 Å². The molecule has 2 heterocycles. The number of methoxy groups -OCH3 is 2. The first kappa shape index (κ1) is 22.2. The molecule has 0 saturated carbocycles. The van der Waals surface area contributed by atoms with Crippen molar-refractivity contribution < 1.29 is 13.9 Å². The van der Waals surface area contributed by atoms with Crippen LogP contribution < -0.4 is 9.47 Å². The predicted molar refractivity (Wildman–Crippen MR) is 118 cm³/mol. The molecule has 0 radical (unpaired) electrons. The van der Waals surface area contributed by atoms with Crippen LogP contribution in [-0.4, -0.2) is 77.0 Å². The summed E-state index contributed by atoms with van der Waals surface area (Å²) in [4.78, 5) is 4.81. The van der Waals surface area contributed by atoms with Gasteiger partial charge >= 0.3 is 0 Å². The van der Waals surface area contributed by atoms with E-state index in [9.17, 15) is 4.39 Å².